The topological polar surface area (TPSA) is 73.0 Å². The monoisotopic (exact) mass is 418 g/mol. The molecule has 0 saturated carbocycles. The van der Waals surface area contributed by atoms with Crippen LogP contribution in [0.5, 0.6) is 0 Å². The highest BCUT2D eigenvalue weighted by Crippen LogP contribution is 2.45. The van der Waals surface area contributed by atoms with Crippen molar-refractivity contribution in [3.05, 3.63) is 65.7 Å². The number of fused-ring (bicyclic) bond motifs is 4. The smallest absolute Gasteiger partial charge is 0.330 e. The number of imide groups is 2. The largest absolute Gasteiger partial charge is 0.364 e. The van der Waals surface area contributed by atoms with Gasteiger partial charge in [-0.25, -0.2) is 4.79 Å². The molecule has 2 aromatic carbocycles. The van der Waals surface area contributed by atoms with E-state index in [2.05, 4.69) is 21.2 Å². The van der Waals surface area contributed by atoms with Gasteiger partial charge >= 0.3 is 6.03 Å². The third-order valence-electron chi connectivity index (χ3n) is 6.89. The van der Waals surface area contributed by atoms with E-state index in [1.54, 1.807) is 0 Å². The van der Waals surface area contributed by atoms with Crippen molar-refractivity contribution in [3.8, 4) is 0 Å². The Kier molecular flexibility index (Phi) is 4.78. The first kappa shape index (κ1) is 19.8. The molecule has 2 fully saturated rings. The summed E-state index contributed by atoms with van der Waals surface area (Å²) in [6.07, 6.45) is 0.854. The number of barbiturate groups is 1. The van der Waals surface area contributed by atoms with Crippen LogP contribution in [0.2, 0.25) is 0 Å². The van der Waals surface area contributed by atoms with E-state index in [9.17, 15) is 14.4 Å². The summed E-state index contributed by atoms with van der Waals surface area (Å²) in [7, 11) is 2.01. The van der Waals surface area contributed by atoms with Gasteiger partial charge in [-0.15, -0.1) is 0 Å². The Morgan fingerprint density at radius 2 is 1.74 bits per heavy atom. The molecule has 0 aliphatic carbocycles. The molecule has 7 heteroatoms. The summed E-state index contributed by atoms with van der Waals surface area (Å²) in [6, 6.07) is 16.8. The Labute approximate surface area is 181 Å². The number of amides is 4. The molecular formula is C24H26N4O3. The number of anilines is 1. The first-order chi connectivity index (χ1) is 15.0. The van der Waals surface area contributed by atoms with Gasteiger partial charge < -0.3 is 9.80 Å². The van der Waals surface area contributed by atoms with Crippen molar-refractivity contribution in [1.82, 2.24) is 15.1 Å². The number of benzene rings is 2. The van der Waals surface area contributed by atoms with Crippen LogP contribution in [-0.4, -0.2) is 66.9 Å². The predicted octanol–water partition coefficient (Wildman–Crippen LogP) is 1.67. The zero-order valence-corrected chi connectivity index (χ0v) is 17.6. The summed E-state index contributed by atoms with van der Waals surface area (Å²) >= 11 is 0. The van der Waals surface area contributed by atoms with Crippen LogP contribution in [0.15, 0.2) is 54.6 Å². The Morgan fingerprint density at radius 3 is 2.55 bits per heavy atom. The maximum Gasteiger partial charge on any atom is 0.330 e. The summed E-state index contributed by atoms with van der Waals surface area (Å²) in [4.78, 5) is 45.6. The van der Waals surface area contributed by atoms with Gasteiger partial charge in [0.25, 0.3) is 0 Å². The highest BCUT2D eigenvalue weighted by Gasteiger charge is 2.62. The van der Waals surface area contributed by atoms with Crippen molar-refractivity contribution in [1.29, 1.82) is 0 Å². The number of piperazine rings is 1. The lowest BCUT2D eigenvalue weighted by molar-refractivity contribution is -0.154. The van der Waals surface area contributed by atoms with Gasteiger partial charge in [0.1, 0.15) is 0 Å². The minimum absolute atomic E-state index is 0.244. The van der Waals surface area contributed by atoms with Gasteiger partial charge in [0.15, 0.2) is 5.41 Å². The Hall–Kier alpha value is -3.19. The number of carbonyl (C=O) groups excluding carboxylic acids is 3. The van der Waals surface area contributed by atoms with Crippen molar-refractivity contribution in [2.24, 2.45) is 5.41 Å². The molecule has 3 aliphatic heterocycles. The number of hydrogen-bond acceptors (Lipinski definition) is 5. The molecule has 1 N–H and O–H groups in total. The molecule has 2 saturated heterocycles. The second-order valence-electron chi connectivity index (χ2n) is 8.70. The van der Waals surface area contributed by atoms with E-state index in [0.29, 0.717) is 19.4 Å². The number of para-hydroxylation sites is 1. The van der Waals surface area contributed by atoms with Crippen molar-refractivity contribution >= 4 is 23.5 Å². The summed E-state index contributed by atoms with van der Waals surface area (Å²) in [5.74, 6) is -0.852. The highest BCUT2D eigenvalue weighted by molar-refractivity contribution is 6.20. The van der Waals surface area contributed by atoms with E-state index in [0.717, 1.165) is 29.9 Å². The van der Waals surface area contributed by atoms with Crippen LogP contribution < -0.4 is 10.2 Å². The molecule has 7 nitrogen and oxygen atoms in total. The van der Waals surface area contributed by atoms with Gasteiger partial charge in [-0.2, -0.15) is 0 Å². The molecule has 31 heavy (non-hydrogen) atoms. The predicted molar refractivity (Wildman–Crippen MR) is 117 cm³/mol. The lowest BCUT2D eigenvalue weighted by Gasteiger charge is -2.55. The van der Waals surface area contributed by atoms with Crippen molar-refractivity contribution in [2.75, 3.05) is 38.1 Å². The van der Waals surface area contributed by atoms with Gasteiger partial charge in [-0.1, -0.05) is 48.5 Å². The van der Waals surface area contributed by atoms with E-state index >= 15 is 0 Å². The third kappa shape index (κ3) is 3.11. The fourth-order valence-electron chi connectivity index (χ4n) is 5.23. The summed E-state index contributed by atoms with van der Waals surface area (Å²) in [5.41, 5.74) is 1.79. The molecule has 5 rings (SSSR count). The lowest BCUT2D eigenvalue weighted by Crippen LogP contribution is -2.75. The standard InChI is InChI=1S/C24H26N4O3/c1-26-13-14-27-19-10-6-5-9-18(19)15-24(20(27)16-26)21(29)25-23(31)28(22(24)30)12-11-17-7-3-2-4-8-17/h2-10,20H,11-16H2,1H3,(H,25,29,31)/t20-,24-/m1/s1. The van der Waals surface area contributed by atoms with E-state index < -0.39 is 17.4 Å². The quantitative estimate of drug-likeness (QED) is 0.768. The number of urea groups is 1. The zero-order valence-electron chi connectivity index (χ0n) is 17.6. The number of nitrogens with zero attached hydrogens (tertiary/aromatic N) is 3. The van der Waals surface area contributed by atoms with Crippen LogP contribution in [0, 0.1) is 5.41 Å². The molecule has 2 aromatic rings. The average molecular weight is 418 g/mol. The number of nitrogens with one attached hydrogen (secondary N) is 1. The number of rotatable bonds is 3. The van der Waals surface area contributed by atoms with Gasteiger partial charge in [0.05, 0.1) is 6.04 Å². The summed E-state index contributed by atoms with van der Waals surface area (Å²) in [6.45, 7) is 2.42. The molecule has 4 amide bonds. The van der Waals surface area contributed by atoms with Crippen LogP contribution in [0.25, 0.3) is 0 Å². The third-order valence-corrected chi connectivity index (χ3v) is 6.89. The highest BCUT2D eigenvalue weighted by atomic mass is 16.2. The fraction of sp³-hybridized carbons (Fsp3) is 0.375. The van der Waals surface area contributed by atoms with Gasteiger partial charge in [0, 0.05) is 31.9 Å². The molecule has 160 valence electrons. The maximum absolute atomic E-state index is 13.9. The minimum atomic E-state index is -1.31. The number of hydrogen-bond donors (Lipinski definition) is 1. The summed E-state index contributed by atoms with van der Waals surface area (Å²) in [5, 5.41) is 2.52. The molecule has 0 unspecified atom stereocenters. The number of carbonyl (C=O) groups is 3. The second-order valence-corrected chi connectivity index (χ2v) is 8.70. The van der Waals surface area contributed by atoms with Crippen LogP contribution in [0.3, 0.4) is 0 Å². The van der Waals surface area contributed by atoms with Crippen molar-refractivity contribution in [2.45, 2.75) is 18.9 Å². The first-order valence-electron chi connectivity index (χ1n) is 10.7. The number of likely N-dealkylation sites (N-methyl/N-ethyl adjacent to an activating group) is 1. The van der Waals surface area contributed by atoms with Crippen LogP contribution in [0.1, 0.15) is 11.1 Å². The minimum Gasteiger partial charge on any atom is -0.364 e. The SMILES string of the molecule is CN1CCN2c3ccccc3C[C@]3(C(=O)NC(=O)N(CCc4ccccc4)C3=O)[C@H]2C1. The Bertz CT molecular complexity index is 1040. The molecule has 1 spiro atoms. The summed E-state index contributed by atoms with van der Waals surface area (Å²) < 4.78 is 0. The van der Waals surface area contributed by atoms with Gasteiger partial charge in [-0.05, 0) is 37.1 Å². The average Bonchev–Trinajstić information content (AvgIpc) is 2.78. The molecule has 2 atom stereocenters. The first-order valence-corrected chi connectivity index (χ1v) is 10.7. The van der Waals surface area contributed by atoms with Gasteiger partial charge in [-0.3, -0.25) is 19.8 Å². The molecule has 3 aliphatic rings. The molecular weight excluding hydrogens is 392 g/mol. The normalized spacial score (nSPS) is 26.0. The zero-order chi connectivity index (χ0) is 21.6. The Balaban J connectivity index is 1.53. The molecule has 0 aromatic heterocycles. The second kappa shape index (κ2) is 7.50. The van der Waals surface area contributed by atoms with Crippen LogP contribution in [-0.2, 0) is 22.4 Å². The van der Waals surface area contributed by atoms with Crippen LogP contribution >= 0.6 is 0 Å². The fourth-order valence-corrected chi connectivity index (χ4v) is 5.23. The van der Waals surface area contributed by atoms with Crippen LogP contribution in [0.4, 0.5) is 10.5 Å². The van der Waals surface area contributed by atoms with Crippen molar-refractivity contribution < 1.29 is 14.4 Å². The van der Waals surface area contributed by atoms with Gasteiger partial charge in [0.2, 0.25) is 11.8 Å². The van der Waals surface area contributed by atoms with E-state index in [4.69, 9.17) is 0 Å². The van der Waals surface area contributed by atoms with E-state index in [-0.39, 0.29) is 18.5 Å². The van der Waals surface area contributed by atoms with E-state index in [1.807, 2.05) is 55.6 Å². The maximum atomic E-state index is 13.9. The molecule has 0 radical (unpaired) electrons. The van der Waals surface area contributed by atoms with Crippen molar-refractivity contribution in [3.63, 3.8) is 0 Å². The Morgan fingerprint density at radius 1 is 1.00 bits per heavy atom. The van der Waals surface area contributed by atoms with E-state index in [1.165, 1.54) is 4.90 Å². The molecule has 3 heterocycles. The molecule has 0 bridgehead atoms. The lowest BCUT2D eigenvalue weighted by atomic mass is 9.67.